The van der Waals surface area contributed by atoms with Crippen LogP contribution < -0.4 is 10.6 Å². The first-order chi connectivity index (χ1) is 9.56. The van der Waals surface area contributed by atoms with Crippen molar-refractivity contribution in [3.63, 3.8) is 0 Å². The van der Waals surface area contributed by atoms with Crippen molar-refractivity contribution in [3.05, 3.63) is 30.1 Å². The smallest absolute Gasteiger partial charge is 0.315 e. The Morgan fingerprint density at radius 3 is 2.65 bits per heavy atom. The van der Waals surface area contributed by atoms with Crippen molar-refractivity contribution in [2.75, 3.05) is 0 Å². The highest BCUT2D eigenvalue weighted by Gasteiger charge is 2.30. The molecule has 0 radical (unpaired) electrons. The molecule has 20 heavy (non-hydrogen) atoms. The molecule has 1 heterocycles. The number of nitrogens with one attached hydrogen (secondary N) is 2. The molecule has 2 amide bonds. The second kappa shape index (κ2) is 6.36. The number of carboxylic acid groups (broad SMARTS) is 1. The summed E-state index contributed by atoms with van der Waals surface area (Å²) in [6, 6.07) is 3.27. The molecule has 1 aromatic rings. The van der Waals surface area contributed by atoms with Crippen LogP contribution in [0.1, 0.15) is 37.8 Å². The lowest BCUT2D eigenvalue weighted by molar-refractivity contribution is -0.141. The minimum atomic E-state index is -0.778. The van der Waals surface area contributed by atoms with Gasteiger partial charge in [0.25, 0.3) is 0 Å². The SMILES string of the molecule is CC(NC(=O)N[C@H]1CC[C@@H](C(=O)O)C1)c1ccncc1. The number of carboxylic acids is 1. The van der Waals surface area contributed by atoms with Gasteiger partial charge >= 0.3 is 12.0 Å². The summed E-state index contributed by atoms with van der Waals surface area (Å²) in [5.41, 5.74) is 0.977. The third-order valence-electron chi connectivity index (χ3n) is 3.67. The highest BCUT2D eigenvalue weighted by molar-refractivity contribution is 5.75. The summed E-state index contributed by atoms with van der Waals surface area (Å²) in [7, 11) is 0. The molecule has 6 heteroatoms. The maximum absolute atomic E-state index is 11.9. The van der Waals surface area contributed by atoms with E-state index in [-0.39, 0.29) is 24.0 Å². The van der Waals surface area contributed by atoms with E-state index in [0.717, 1.165) is 5.56 Å². The zero-order valence-corrected chi connectivity index (χ0v) is 11.4. The van der Waals surface area contributed by atoms with E-state index in [1.54, 1.807) is 12.4 Å². The molecule has 108 valence electrons. The van der Waals surface area contributed by atoms with Crippen LogP contribution in [-0.2, 0) is 4.79 Å². The first kappa shape index (κ1) is 14.3. The van der Waals surface area contributed by atoms with Crippen LogP contribution in [0.25, 0.3) is 0 Å². The van der Waals surface area contributed by atoms with Crippen molar-refractivity contribution in [2.24, 2.45) is 5.92 Å². The van der Waals surface area contributed by atoms with Gasteiger partial charge < -0.3 is 15.7 Å². The lowest BCUT2D eigenvalue weighted by atomic mass is 10.1. The summed E-state index contributed by atoms with van der Waals surface area (Å²) in [5, 5.41) is 14.6. The van der Waals surface area contributed by atoms with Crippen molar-refractivity contribution in [1.29, 1.82) is 0 Å². The Kier molecular flexibility index (Phi) is 4.55. The molecule has 0 aliphatic heterocycles. The van der Waals surface area contributed by atoms with Gasteiger partial charge in [-0.15, -0.1) is 0 Å². The maximum atomic E-state index is 11.9. The summed E-state index contributed by atoms with van der Waals surface area (Å²) in [4.78, 5) is 26.7. The third kappa shape index (κ3) is 3.69. The maximum Gasteiger partial charge on any atom is 0.315 e. The van der Waals surface area contributed by atoms with Gasteiger partial charge in [0, 0.05) is 18.4 Å². The Morgan fingerprint density at radius 2 is 2.05 bits per heavy atom. The van der Waals surface area contributed by atoms with E-state index in [0.29, 0.717) is 19.3 Å². The fourth-order valence-corrected chi connectivity index (χ4v) is 2.50. The monoisotopic (exact) mass is 277 g/mol. The normalized spacial score (nSPS) is 23.1. The number of nitrogens with zero attached hydrogens (tertiary/aromatic N) is 1. The van der Waals surface area contributed by atoms with E-state index < -0.39 is 5.97 Å². The summed E-state index contributed by atoms with van der Waals surface area (Å²) >= 11 is 0. The largest absolute Gasteiger partial charge is 0.481 e. The van der Waals surface area contributed by atoms with Crippen LogP contribution in [-0.4, -0.2) is 28.1 Å². The number of hydrogen-bond acceptors (Lipinski definition) is 3. The number of amides is 2. The van der Waals surface area contributed by atoms with Gasteiger partial charge in [-0.2, -0.15) is 0 Å². The molecule has 0 aromatic carbocycles. The van der Waals surface area contributed by atoms with Crippen molar-refractivity contribution in [1.82, 2.24) is 15.6 Å². The van der Waals surface area contributed by atoms with Crippen LogP contribution in [0.2, 0.25) is 0 Å². The van der Waals surface area contributed by atoms with Crippen LogP contribution in [0.5, 0.6) is 0 Å². The number of pyridine rings is 1. The van der Waals surface area contributed by atoms with E-state index in [9.17, 15) is 9.59 Å². The van der Waals surface area contributed by atoms with Crippen molar-refractivity contribution < 1.29 is 14.7 Å². The standard InChI is InChI=1S/C14H19N3O3/c1-9(10-4-6-15-7-5-10)16-14(20)17-12-3-2-11(8-12)13(18)19/h4-7,9,11-12H,2-3,8H2,1H3,(H,18,19)(H2,16,17,20)/t9?,11-,12+/m1/s1. The average molecular weight is 277 g/mol. The molecule has 1 aliphatic rings. The number of aliphatic carboxylic acids is 1. The van der Waals surface area contributed by atoms with Crippen LogP contribution in [0.15, 0.2) is 24.5 Å². The third-order valence-corrected chi connectivity index (χ3v) is 3.67. The van der Waals surface area contributed by atoms with E-state index in [1.165, 1.54) is 0 Å². The molecule has 0 bridgehead atoms. The summed E-state index contributed by atoms with van der Waals surface area (Å²) < 4.78 is 0. The van der Waals surface area contributed by atoms with E-state index >= 15 is 0 Å². The second-order valence-corrected chi connectivity index (χ2v) is 5.17. The number of carbonyl (C=O) groups excluding carboxylic acids is 1. The van der Waals surface area contributed by atoms with Crippen molar-refractivity contribution in [2.45, 2.75) is 38.3 Å². The van der Waals surface area contributed by atoms with Crippen LogP contribution in [0.3, 0.4) is 0 Å². The van der Waals surface area contributed by atoms with Gasteiger partial charge in [0.15, 0.2) is 0 Å². The molecular formula is C14H19N3O3. The average Bonchev–Trinajstić information content (AvgIpc) is 2.88. The Bertz CT molecular complexity index is 478. The van der Waals surface area contributed by atoms with Gasteiger partial charge in [0.1, 0.15) is 0 Å². The number of aromatic nitrogens is 1. The summed E-state index contributed by atoms with van der Waals surface area (Å²) in [5.74, 6) is -1.11. The molecule has 1 saturated carbocycles. The van der Waals surface area contributed by atoms with Crippen LogP contribution >= 0.6 is 0 Å². The summed E-state index contributed by atoms with van der Waals surface area (Å²) in [6.45, 7) is 1.89. The number of urea groups is 1. The van der Waals surface area contributed by atoms with Gasteiger partial charge in [-0.3, -0.25) is 9.78 Å². The minimum absolute atomic E-state index is 0.0549. The highest BCUT2D eigenvalue weighted by atomic mass is 16.4. The minimum Gasteiger partial charge on any atom is -0.481 e. The summed E-state index contributed by atoms with van der Waals surface area (Å²) in [6.07, 6.45) is 5.21. The Hall–Kier alpha value is -2.11. The molecule has 6 nitrogen and oxygen atoms in total. The molecule has 1 aliphatic carbocycles. The molecule has 1 unspecified atom stereocenters. The Balaban J connectivity index is 1.80. The lowest BCUT2D eigenvalue weighted by Crippen LogP contribution is -2.42. The van der Waals surface area contributed by atoms with E-state index in [2.05, 4.69) is 15.6 Å². The topological polar surface area (TPSA) is 91.3 Å². The first-order valence-corrected chi connectivity index (χ1v) is 6.76. The molecule has 1 aromatic heterocycles. The van der Waals surface area contributed by atoms with Crippen molar-refractivity contribution >= 4 is 12.0 Å². The Labute approximate surface area is 117 Å². The number of carbonyl (C=O) groups is 2. The Morgan fingerprint density at radius 1 is 1.35 bits per heavy atom. The molecule has 3 atom stereocenters. The molecule has 0 spiro atoms. The lowest BCUT2D eigenvalue weighted by Gasteiger charge is -2.17. The van der Waals surface area contributed by atoms with E-state index in [4.69, 9.17) is 5.11 Å². The quantitative estimate of drug-likeness (QED) is 0.781. The molecule has 3 N–H and O–H groups in total. The van der Waals surface area contributed by atoms with Gasteiger partial charge in [-0.1, -0.05) is 0 Å². The second-order valence-electron chi connectivity index (χ2n) is 5.17. The van der Waals surface area contributed by atoms with Gasteiger partial charge in [-0.05, 0) is 43.9 Å². The van der Waals surface area contributed by atoms with E-state index in [1.807, 2.05) is 19.1 Å². The van der Waals surface area contributed by atoms with Crippen LogP contribution in [0.4, 0.5) is 4.79 Å². The first-order valence-electron chi connectivity index (χ1n) is 6.76. The molecular weight excluding hydrogens is 258 g/mol. The van der Waals surface area contributed by atoms with Crippen LogP contribution in [0, 0.1) is 5.92 Å². The molecule has 2 rings (SSSR count). The number of rotatable bonds is 4. The zero-order chi connectivity index (χ0) is 14.5. The predicted molar refractivity (Wildman–Crippen MR) is 73.1 cm³/mol. The predicted octanol–water partition coefficient (Wildman–Crippen LogP) is 1.70. The van der Waals surface area contributed by atoms with Gasteiger partial charge in [0.05, 0.1) is 12.0 Å². The number of hydrogen-bond donors (Lipinski definition) is 3. The molecule has 0 saturated heterocycles. The highest BCUT2D eigenvalue weighted by Crippen LogP contribution is 2.25. The zero-order valence-electron chi connectivity index (χ0n) is 11.4. The fourth-order valence-electron chi connectivity index (χ4n) is 2.50. The fraction of sp³-hybridized carbons (Fsp3) is 0.500. The molecule has 1 fully saturated rings. The van der Waals surface area contributed by atoms with Crippen molar-refractivity contribution in [3.8, 4) is 0 Å². The van der Waals surface area contributed by atoms with Gasteiger partial charge in [0.2, 0.25) is 0 Å². The van der Waals surface area contributed by atoms with Gasteiger partial charge in [-0.25, -0.2) is 4.79 Å².